The molecule has 0 saturated carbocycles. The van der Waals surface area contributed by atoms with Crippen LogP contribution in [0.2, 0.25) is 0 Å². The van der Waals surface area contributed by atoms with Gasteiger partial charge in [0.05, 0.1) is 18.7 Å². The van der Waals surface area contributed by atoms with Gasteiger partial charge in [-0.1, -0.05) is 6.92 Å². The largest absolute Gasteiger partial charge is 0.463 e. The van der Waals surface area contributed by atoms with E-state index in [0.29, 0.717) is 24.6 Å². The number of rotatable bonds is 6. The van der Waals surface area contributed by atoms with Crippen molar-refractivity contribution in [2.45, 2.75) is 20.3 Å². The summed E-state index contributed by atoms with van der Waals surface area (Å²) in [7, 11) is 2.13. The first-order valence-corrected chi connectivity index (χ1v) is 9.31. The Morgan fingerprint density at radius 1 is 1.50 bits per heavy atom. The molecule has 24 heavy (non-hydrogen) atoms. The number of esters is 1. The molecular formula is C17H24N4O2S. The highest BCUT2D eigenvalue weighted by molar-refractivity contribution is 7.11. The Bertz CT molecular complexity index is 654. The Morgan fingerprint density at radius 3 is 3.00 bits per heavy atom. The van der Waals surface area contributed by atoms with Crippen LogP contribution in [0.5, 0.6) is 0 Å². The second-order valence-electron chi connectivity index (χ2n) is 6.16. The third-order valence-corrected chi connectivity index (χ3v) is 5.26. The van der Waals surface area contributed by atoms with Gasteiger partial charge in [0.1, 0.15) is 0 Å². The number of nitrogens with zero attached hydrogens (tertiary/aromatic N) is 4. The van der Waals surface area contributed by atoms with E-state index in [0.717, 1.165) is 42.6 Å². The van der Waals surface area contributed by atoms with Crippen molar-refractivity contribution in [2.24, 2.45) is 10.9 Å². The highest BCUT2D eigenvalue weighted by atomic mass is 32.1. The SMILES string of the molecule is CCOC(=O)C1=C2CC(CN(C)CC)CN2C(c2nccs2)=NC1. The van der Waals surface area contributed by atoms with Gasteiger partial charge in [0, 0.05) is 30.4 Å². The van der Waals surface area contributed by atoms with Crippen LogP contribution in [-0.4, -0.2) is 66.4 Å². The van der Waals surface area contributed by atoms with E-state index in [4.69, 9.17) is 4.74 Å². The van der Waals surface area contributed by atoms with Crippen LogP contribution < -0.4 is 0 Å². The van der Waals surface area contributed by atoms with Gasteiger partial charge in [-0.25, -0.2) is 9.78 Å². The van der Waals surface area contributed by atoms with E-state index in [-0.39, 0.29) is 5.97 Å². The zero-order chi connectivity index (χ0) is 17.1. The summed E-state index contributed by atoms with van der Waals surface area (Å²) in [5, 5.41) is 2.88. The highest BCUT2D eigenvalue weighted by Crippen LogP contribution is 2.34. The Kier molecular flexibility index (Phi) is 5.30. The standard InChI is InChI=1S/C17H24N4O2S/c1-4-20(3)10-12-8-14-13(17(22)23-5-2)9-19-15(21(14)11-12)16-18-6-7-24-16/h6-7,12H,4-5,8-11H2,1-3H3. The number of ether oxygens (including phenoxy) is 1. The summed E-state index contributed by atoms with van der Waals surface area (Å²) in [5.74, 6) is 1.15. The molecule has 0 N–H and O–H groups in total. The molecule has 1 saturated heterocycles. The van der Waals surface area contributed by atoms with Gasteiger partial charge in [-0.15, -0.1) is 11.3 Å². The maximum atomic E-state index is 12.3. The molecule has 1 aromatic rings. The van der Waals surface area contributed by atoms with Crippen LogP contribution in [0.3, 0.4) is 0 Å². The van der Waals surface area contributed by atoms with E-state index in [1.807, 2.05) is 12.3 Å². The predicted molar refractivity (Wildman–Crippen MR) is 95.2 cm³/mol. The minimum Gasteiger partial charge on any atom is -0.463 e. The molecule has 3 heterocycles. The first-order chi connectivity index (χ1) is 11.6. The number of allylic oxidation sites excluding steroid dienone is 1. The lowest BCUT2D eigenvalue weighted by Crippen LogP contribution is -2.35. The third kappa shape index (κ3) is 3.37. The molecule has 1 aromatic heterocycles. The summed E-state index contributed by atoms with van der Waals surface area (Å²) in [6.07, 6.45) is 2.69. The van der Waals surface area contributed by atoms with Crippen LogP contribution in [0.1, 0.15) is 25.3 Å². The lowest BCUT2D eigenvalue weighted by Gasteiger charge is -2.27. The van der Waals surface area contributed by atoms with Crippen molar-refractivity contribution in [3.05, 3.63) is 27.9 Å². The summed E-state index contributed by atoms with van der Waals surface area (Å²) in [6, 6.07) is 0. The predicted octanol–water partition coefficient (Wildman–Crippen LogP) is 1.99. The second kappa shape index (κ2) is 7.44. The molecule has 1 atom stereocenters. The van der Waals surface area contributed by atoms with Crippen LogP contribution in [0.15, 0.2) is 27.8 Å². The van der Waals surface area contributed by atoms with Crippen molar-refractivity contribution in [1.29, 1.82) is 0 Å². The van der Waals surface area contributed by atoms with E-state index in [2.05, 4.69) is 33.7 Å². The van der Waals surface area contributed by atoms with Gasteiger partial charge >= 0.3 is 5.97 Å². The summed E-state index contributed by atoms with van der Waals surface area (Å²) < 4.78 is 5.24. The maximum Gasteiger partial charge on any atom is 0.337 e. The molecule has 0 radical (unpaired) electrons. The molecule has 6 nitrogen and oxygen atoms in total. The molecule has 3 rings (SSSR count). The molecule has 2 aliphatic heterocycles. The Labute approximate surface area is 146 Å². The van der Waals surface area contributed by atoms with Crippen molar-refractivity contribution in [3.63, 3.8) is 0 Å². The van der Waals surface area contributed by atoms with E-state index >= 15 is 0 Å². The van der Waals surface area contributed by atoms with E-state index in [9.17, 15) is 4.79 Å². The topological polar surface area (TPSA) is 58.0 Å². The first-order valence-electron chi connectivity index (χ1n) is 8.43. The number of carbonyl (C=O) groups is 1. The van der Waals surface area contributed by atoms with E-state index < -0.39 is 0 Å². The van der Waals surface area contributed by atoms with Crippen molar-refractivity contribution in [3.8, 4) is 0 Å². The monoisotopic (exact) mass is 348 g/mol. The minimum absolute atomic E-state index is 0.232. The molecule has 0 aromatic carbocycles. The van der Waals surface area contributed by atoms with E-state index in [1.165, 1.54) is 0 Å². The summed E-state index contributed by atoms with van der Waals surface area (Å²) >= 11 is 1.59. The van der Waals surface area contributed by atoms with Gasteiger partial charge < -0.3 is 14.5 Å². The number of thiazole rings is 1. The number of aromatic nitrogens is 1. The van der Waals surface area contributed by atoms with Gasteiger partial charge in [-0.2, -0.15) is 0 Å². The van der Waals surface area contributed by atoms with Gasteiger partial charge in [-0.3, -0.25) is 4.99 Å². The van der Waals surface area contributed by atoms with Crippen molar-refractivity contribution in [2.75, 3.05) is 39.8 Å². The number of hydrogen-bond donors (Lipinski definition) is 0. The normalized spacial score (nSPS) is 20.4. The average Bonchev–Trinajstić information content (AvgIpc) is 3.23. The number of amidine groups is 1. The summed E-state index contributed by atoms with van der Waals surface area (Å²) in [5.41, 5.74) is 1.78. The van der Waals surface area contributed by atoms with Crippen molar-refractivity contribution >= 4 is 23.1 Å². The second-order valence-corrected chi connectivity index (χ2v) is 7.05. The fraction of sp³-hybridized carbons (Fsp3) is 0.588. The lowest BCUT2D eigenvalue weighted by atomic mass is 10.0. The van der Waals surface area contributed by atoms with Crippen molar-refractivity contribution < 1.29 is 9.53 Å². The number of carbonyl (C=O) groups excluding carboxylic acids is 1. The van der Waals surface area contributed by atoms with Crippen molar-refractivity contribution in [1.82, 2.24) is 14.8 Å². The molecule has 2 aliphatic rings. The maximum absolute atomic E-state index is 12.3. The highest BCUT2D eigenvalue weighted by Gasteiger charge is 2.37. The van der Waals surface area contributed by atoms with Crippen LogP contribution >= 0.6 is 11.3 Å². The third-order valence-electron chi connectivity index (χ3n) is 4.49. The Morgan fingerprint density at radius 2 is 2.33 bits per heavy atom. The first kappa shape index (κ1) is 17.1. The molecular weight excluding hydrogens is 324 g/mol. The molecule has 0 spiro atoms. The Balaban J connectivity index is 1.88. The van der Waals surface area contributed by atoms with Crippen LogP contribution in [0, 0.1) is 5.92 Å². The van der Waals surface area contributed by atoms with Gasteiger partial charge in [0.25, 0.3) is 0 Å². The smallest absolute Gasteiger partial charge is 0.337 e. The zero-order valence-electron chi connectivity index (χ0n) is 14.5. The van der Waals surface area contributed by atoms with Gasteiger partial charge in [-0.05, 0) is 32.9 Å². The molecule has 7 heteroatoms. The fourth-order valence-corrected chi connectivity index (χ4v) is 3.91. The zero-order valence-corrected chi connectivity index (χ0v) is 15.3. The summed E-state index contributed by atoms with van der Waals surface area (Å²) in [4.78, 5) is 25.9. The minimum atomic E-state index is -0.232. The average molecular weight is 348 g/mol. The fourth-order valence-electron chi connectivity index (χ4n) is 3.26. The molecule has 0 bridgehead atoms. The van der Waals surface area contributed by atoms with Crippen LogP contribution in [-0.2, 0) is 9.53 Å². The molecule has 1 unspecified atom stereocenters. The molecule has 130 valence electrons. The summed E-state index contributed by atoms with van der Waals surface area (Å²) in [6.45, 7) is 7.68. The number of aliphatic imine (C=N–C) groups is 1. The molecule has 0 aliphatic carbocycles. The van der Waals surface area contributed by atoms with Crippen LogP contribution in [0.25, 0.3) is 0 Å². The number of fused-ring (bicyclic) bond motifs is 1. The van der Waals surface area contributed by atoms with Gasteiger partial charge in [0.2, 0.25) is 0 Å². The molecule has 1 fully saturated rings. The molecule has 0 amide bonds. The quantitative estimate of drug-likeness (QED) is 0.736. The van der Waals surface area contributed by atoms with Gasteiger partial charge in [0.15, 0.2) is 10.8 Å². The lowest BCUT2D eigenvalue weighted by molar-refractivity contribution is -0.138. The van der Waals surface area contributed by atoms with E-state index in [1.54, 1.807) is 17.5 Å². The number of hydrogen-bond acceptors (Lipinski definition) is 7. The Hall–Kier alpha value is -1.73. The van der Waals surface area contributed by atoms with Crippen LogP contribution in [0.4, 0.5) is 0 Å².